The van der Waals surface area contributed by atoms with Crippen molar-refractivity contribution in [3.8, 4) is 0 Å². The third kappa shape index (κ3) is 22.3. The van der Waals surface area contributed by atoms with Crippen LogP contribution in [0.3, 0.4) is 0 Å². The predicted octanol–water partition coefficient (Wildman–Crippen LogP) is 15.1. The summed E-state index contributed by atoms with van der Waals surface area (Å²) in [5.41, 5.74) is 0. The summed E-state index contributed by atoms with van der Waals surface area (Å²) >= 11 is 0. The molecule has 0 spiro atoms. The fourth-order valence-electron chi connectivity index (χ4n) is 7.50. The van der Waals surface area contributed by atoms with Gasteiger partial charge in [-0.15, -0.1) is 0 Å². The summed E-state index contributed by atoms with van der Waals surface area (Å²) in [4.78, 5) is 0. The van der Waals surface area contributed by atoms with Crippen LogP contribution in [0.2, 0.25) is 0 Å². The van der Waals surface area contributed by atoms with Gasteiger partial charge in [0, 0.05) is 12.8 Å². The first-order valence-electron chi connectivity index (χ1n) is 21.1. The molecule has 3 atom stereocenters. The third-order valence-corrected chi connectivity index (χ3v) is 10.4. The molecule has 1 saturated heterocycles. The maximum Gasteiger partial charge on any atom is 0.169 e. The maximum atomic E-state index is 6.76. The molecule has 272 valence electrons. The lowest BCUT2D eigenvalue weighted by atomic mass is 9.98. The summed E-state index contributed by atoms with van der Waals surface area (Å²) in [7, 11) is 0. The molecule has 0 aromatic heterocycles. The molecule has 0 amide bonds. The van der Waals surface area contributed by atoms with Crippen molar-refractivity contribution in [2.24, 2.45) is 5.92 Å². The van der Waals surface area contributed by atoms with Crippen molar-refractivity contribution in [1.29, 1.82) is 0 Å². The Kier molecular flexibility index (Phi) is 26.6. The van der Waals surface area contributed by atoms with E-state index in [9.17, 15) is 0 Å². The van der Waals surface area contributed by atoms with Crippen molar-refractivity contribution in [1.82, 2.24) is 0 Å². The van der Waals surface area contributed by atoms with E-state index in [2.05, 4.69) is 69.4 Å². The molecular weight excluding hydrogens is 572 g/mol. The quantitative estimate of drug-likeness (QED) is 0.0532. The average Bonchev–Trinajstić information content (AvgIpc) is 3.57. The Balaban J connectivity index is 1.47. The zero-order chi connectivity index (χ0) is 33.5. The molecule has 2 fully saturated rings. The second kappa shape index (κ2) is 29.8. The van der Waals surface area contributed by atoms with Crippen LogP contribution in [0.25, 0.3) is 0 Å². The van der Waals surface area contributed by atoms with Crippen LogP contribution < -0.4 is 0 Å². The van der Waals surface area contributed by atoms with Crippen molar-refractivity contribution < 1.29 is 9.47 Å². The summed E-state index contributed by atoms with van der Waals surface area (Å²) < 4.78 is 13.5. The molecule has 1 aliphatic heterocycles. The van der Waals surface area contributed by atoms with E-state index in [0.717, 1.165) is 31.6 Å². The van der Waals surface area contributed by atoms with Crippen molar-refractivity contribution in [2.45, 2.75) is 231 Å². The minimum atomic E-state index is -0.274. The monoisotopic (exact) mass is 653 g/mol. The van der Waals surface area contributed by atoms with E-state index in [1.165, 1.54) is 167 Å². The number of rotatable bonds is 32. The Morgan fingerprint density at radius 1 is 0.426 bits per heavy atom. The van der Waals surface area contributed by atoms with Crippen LogP contribution in [-0.4, -0.2) is 18.0 Å². The summed E-state index contributed by atoms with van der Waals surface area (Å²) in [6.45, 7) is 6.91. The van der Waals surface area contributed by atoms with E-state index in [1.54, 1.807) is 0 Å². The van der Waals surface area contributed by atoms with Crippen LogP contribution in [0.1, 0.15) is 213 Å². The van der Waals surface area contributed by atoms with Crippen LogP contribution in [0.4, 0.5) is 0 Å². The fourth-order valence-corrected chi connectivity index (χ4v) is 7.50. The second-order valence-electron chi connectivity index (χ2n) is 15.2. The van der Waals surface area contributed by atoms with Gasteiger partial charge in [-0.25, -0.2) is 0 Å². The van der Waals surface area contributed by atoms with Crippen molar-refractivity contribution >= 4 is 0 Å². The topological polar surface area (TPSA) is 18.5 Å². The summed E-state index contributed by atoms with van der Waals surface area (Å²) in [6.07, 6.45) is 58.3. The van der Waals surface area contributed by atoms with Crippen molar-refractivity contribution in [2.75, 3.05) is 0 Å². The summed E-state index contributed by atoms with van der Waals surface area (Å²) in [5, 5.41) is 0. The molecule has 0 N–H and O–H groups in total. The highest BCUT2D eigenvalue weighted by Crippen LogP contribution is 2.45. The zero-order valence-corrected chi connectivity index (χ0v) is 31.9. The largest absolute Gasteiger partial charge is 0.344 e. The standard InChI is InChI=1S/C45H80O2/c1-4-6-8-10-12-14-16-18-20-22-24-26-28-30-32-34-36-38-45(46-43-40-42(3)41-44(43)47-45)39-37-35-33-31-29-27-25-23-21-19-17-15-13-11-9-7-5-2/h12-15,18-21,42-44H,4-11,16-17,22-41H2,1-3H3/b14-12-,15-13-,20-18-,21-19-/t42?,43-,44+. The van der Waals surface area contributed by atoms with Gasteiger partial charge in [-0.05, 0) is 95.8 Å². The zero-order valence-electron chi connectivity index (χ0n) is 31.9. The highest BCUT2D eigenvalue weighted by molar-refractivity contribution is 4.94. The maximum absolute atomic E-state index is 6.76. The number of fused-ring (bicyclic) bond motifs is 1. The normalized spacial score (nSPS) is 21.0. The number of ether oxygens (including phenoxy) is 2. The van der Waals surface area contributed by atoms with Gasteiger partial charge in [-0.2, -0.15) is 0 Å². The first-order valence-corrected chi connectivity index (χ1v) is 21.1. The molecule has 2 nitrogen and oxygen atoms in total. The van der Waals surface area contributed by atoms with Gasteiger partial charge in [0.2, 0.25) is 0 Å². The lowest BCUT2D eigenvalue weighted by Crippen LogP contribution is -2.32. The number of unbranched alkanes of at least 4 members (excludes halogenated alkanes) is 20. The second-order valence-corrected chi connectivity index (χ2v) is 15.2. The molecule has 2 aliphatic rings. The van der Waals surface area contributed by atoms with Crippen LogP contribution in [-0.2, 0) is 9.47 Å². The van der Waals surface area contributed by atoms with E-state index in [1.807, 2.05) is 0 Å². The number of hydrogen-bond donors (Lipinski definition) is 0. The summed E-state index contributed by atoms with van der Waals surface area (Å²) in [5.74, 6) is 0.479. The van der Waals surface area contributed by atoms with Crippen molar-refractivity contribution in [3.05, 3.63) is 48.6 Å². The van der Waals surface area contributed by atoms with Crippen LogP contribution >= 0.6 is 0 Å². The molecule has 1 unspecified atom stereocenters. The molecule has 1 aliphatic carbocycles. The van der Waals surface area contributed by atoms with Gasteiger partial charge in [-0.1, -0.05) is 159 Å². The van der Waals surface area contributed by atoms with E-state index in [4.69, 9.17) is 9.47 Å². The Morgan fingerprint density at radius 3 is 1.11 bits per heavy atom. The fraction of sp³-hybridized carbons (Fsp3) is 0.822. The number of hydrogen-bond acceptors (Lipinski definition) is 2. The molecule has 2 heteroatoms. The molecule has 0 radical (unpaired) electrons. The lowest BCUT2D eigenvalue weighted by Gasteiger charge is -2.30. The van der Waals surface area contributed by atoms with Gasteiger partial charge in [-0.3, -0.25) is 0 Å². The first-order chi connectivity index (χ1) is 23.2. The molecule has 2 rings (SSSR count). The van der Waals surface area contributed by atoms with Gasteiger partial charge < -0.3 is 9.47 Å². The summed E-state index contributed by atoms with van der Waals surface area (Å²) in [6, 6.07) is 0. The minimum absolute atomic E-state index is 0.274. The average molecular weight is 653 g/mol. The predicted molar refractivity (Wildman–Crippen MR) is 208 cm³/mol. The van der Waals surface area contributed by atoms with E-state index >= 15 is 0 Å². The van der Waals surface area contributed by atoms with Crippen molar-refractivity contribution in [3.63, 3.8) is 0 Å². The molecular formula is C45H80O2. The first kappa shape index (κ1) is 42.0. The SMILES string of the molecule is CCCCC/C=C\C/C=C\CCCCCCCCCC1(CCCCCCCCC/C=C\C/C=C\CCCCC)O[C@H]2CC(C)C[C@H]2O1. The van der Waals surface area contributed by atoms with E-state index in [0.29, 0.717) is 12.2 Å². The van der Waals surface area contributed by atoms with Gasteiger partial charge >= 0.3 is 0 Å². The number of allylic oxidation sites excluding steroid dienone is 8. The Bertz CT molecular complexity index is 741. The smallest absolute Gasteiger partial charge is 0.169 e. The van der Waals surface area contributed by atoms with E-state index in [-0.39, 0.29) is 5.79 Å². The Morgan fingerprint density at radius 2 is 0.745 bits per heavy atom. The third-order valence-electron chi connectivity index (χ3n) is 10.4. The molecule has 0 bridgehead atoms. The van der Waals surface area contributed by atoms with Crippen LogP contribution in [0, 0.1) is 5.92 Å². The molecule has 1 saturated carbocycles. The molecule has 1 heterocycles. The van der Waals surface area contributed by atoms with E-state index < -0.39 is 0 Å². The Labute approximate surface area is 294 Å². The van der Waals surface area contributed by atoms with Crippen LogP contribution in [0.15, 0.2) is 48.6 Å². The van der Waals surface area contributed by atoms with Gasteiger partial charge in [0.15, 0.2) is 5.79 Å². The van der Waals surface area contributed by atoms with Gasteiger partial charge in [0.25, 0.3) is 0 Å². The molecule has 47 heavy (non-hydrogen) atoms. The highest BCUT2D eigenvalue weighted by Gasteiger charge is 2.50. The highest BCUT2D eigenvalue weighted by atomic mass is 16.8. The molecule has 0 aromatic rings. The Hall–Kier alpha value is -1.12. The lowest BCUT2D eigenvalue weighted by molar-refractivity contribution is -0.192. The molecule has 0 aromatic carbocycles. The van der Waals surface area contributed by atoms with Gasteiger partial charge in [0.1, 0.15) is 0 Å². The minimum Gasteiger partial charge on any atom is -0.344 e. The van der Waals surface area contributed by atoms with Gasteiger partial charge in [0.05, 0.1) is 12.2 Å². The van der Waals surface area contributed by atoms with Crippen LogP contribution in [0.5, 0.6) is 0 Å².